The number of hydrogen-bond acceptors (Lipinski definition) is 2. The number of rotatable bonds is 7. The number of amides is 2. The van der Waals surface area contributed by atoms with E-state index in [9.17, 15) is 9.59 Å². The Morgan fingerprint density at radius 3 is 2.20 bits per heavy atom. The van der Waals surface area contributed by atoms with Crippen molar-refractivity contribution in [3.63, 3.8) is 0 Å². The molecule has 1 fully saturated rings. The lowest BCUT2D eigenvalue weighted by Crippen LogP contribution is -2.65. The molecule has 2 atom stereocenters. The van der Waals surface area contributed by atoms with Gasteiger partial charge in [0.1, 0.15) is 12.1 Å². The summed E-state index contributed by atoms with van der Waals surface area (Å²) < 4.78 is 0. The van der Waals surface area contributed by atoms with Crippen LogP contribution >= 0.6 is 0 Å². The first-order chi connectivity index (χ1) is 9.46. The predicted molar refractivity (Wildman–Crippen MR) is 81.3 cm³/mol. The minimum atomic E-state index is -0.337. The van der Waals surface area contributed by atoms with Crippen molar-refractivity contribution in [3.8, 4) is 0 Å². The minimum Gasteiger partial charge on any atom is -0.342 e. The van der Waals surface area contributed by atoms with Gasteiger partial charge in [-0.1, -0.05) is 41.0 Å². The normalized spacial score (nSPS) is 23.6. The molecule has 0 aromatic carbocycles. The molecular formula is C16H30N2O2. The third-order valence-corrected chi connectivity index (χ3v) is 4.11. The van der Waals surface area contributed by atoms with Crippen LogP contribution in [0.3, 0.4) is 0 Å². The Morgan fingerprint density at radius 1 is 1.15 bits per heavy atom. The molecule has 1 N–H and O–H groups in total. The lowest BCUT2D eigenvalue weighted by molar-refractivity contribution is -0.153. The van der Waals surface area contributed by atoms with Crippen molar-refractivity contribution in [3.05, 3.63) is 0 Å². The van der Waals surface area contributed by atoms with Gasteiger partial charge in [0.25, 0.3) is 0 Å². The molecule has 116 valence electrons. The molecule has 0 aromatic heterocycles. The van der Waals surface area contributed by atoms with E-state index in [-0.39, 0.29) is 29.9 Å². The highest BCUT2D eigenvalue weighted by molar-refractivity contribution is 5.97. The number of nitrogens with one attached hydrogen (secondary N) is 1. The summed E-state index contributed by atoms with van der Waals surface area (Å²) in [5.74, 6) is 0.546. The van der Waals surface area contributed by atoms with E-state index in [1.54, 1.807) is 0 Å². The molecule has 0 aliphatic carbocycles. The van der Waals surface area contributed by atoms with E-state index in [0.717, 1.165) is 32.1 Å². The second kappa shape index (κ2) is 7.65. The fourth-order valence-corrected chi connectivity index (χ4v) is 3.08. The summed E-state index contributed by atoms with van der Waals surface area (Å²) in [7, 11) is 0. The van der Waals surface area contributed by atoms with Gasteiger partial charge in [-0.15, -0.1) is 0 Å². The lowest BCUT2D eigenvalue weighted by Gasteiger charge is -2.43. The molecule has 4 heteroatoms. The summed E-state index contributed by atoms with van der Waals surface area (Å²) in [6.45, 7) is 10.4. The molecule has 1 aliphatic rings. The number of hydrogen-bond donors (Lipinski definition) is 1. The highest BCUT2D eigenvalue weighted by atomic mass is 16.2. The van der Waals surface area contributed by atoms with Gasteiger partial charge in [0.2, 0.25) is 11.8 Å². The fourth-order valence-electron chi connectivity index (χ4n) is 3.08. The average molecular weight is 282 g/mol. The first-order valence-corrected chi connectivity index (χ1v) is 8.08. The van der Waals surface area contributed by atoms with Crippen LogP contribution in [0.1, 0.15) is 66.7 Å². The van der Waals surface area contributed by atoms with E-state index >= 15 is 0 Å². The second-order valence-electron chi connectivity index (χ2n) is 6.21. The first kappa shape index (κ1) is 17.0. The van der Waals surface area contributed by atoms with E-state index in [1.807, 2.05) is 4.90 Å². The zero-order valence-electron chi connectivity index (χ0n) is 13.6. The Balaban J connectivity index is 3.00. The van der Waals surface area contributed by atoms with Crippen LogP contribution in [0.2, 0.25) is 0 Å². The lowest BCUT2D eigenvalue weighted by atomic mass is 9.94. The van der Waals surface area contributed by atoms with Crippen molar-refractivity contribution in [2.75, 3.05) is 0 Å². The zero-order chi connectivity index (χ0) is 15.3. The van der Waals surface area contributed by atoms with Crippen LogP contribution in [0.25, 0.3) is 0 Å². The molecule has 0 spiro atoms. The molecule has 0 bridgehead atoms. The van der Waals surface area contributed by atoms with Gasteiger partial charge in [0, 0.05) is 6.04 Å². The topological polar surface area (TPSA) is 49.4 Å². The van der Waals surface area contributed by atoms with Gasteiger partial charge in [0.15, 0.2) is 0 Å². The molecule has 1 heterocycles. The van der Waals surface area contributed by atoms with Crippen molar-refractivity contribution in [1.82, 2.24) is 10.2 Å². The Hall–Kier alpha value is -1.06. The molecular weight excluding hydrogens is 252 g/mol. The molecule has 4 nitrogen and oxygen atoms in total. The molecule has 1 saturated heterocycles. The summed E-state index contributed by atoms with van der Waals surface area (Å²) in [5.41, 5.74) is 0. The van der Waals surface area contributed by atoms with Gasteiger partial charge < -0.3 is 10.2 Å². The maximum atomic E-state index is 12.8. The van der Waals surface area contributed by atoms with E-state index in [2.05, 4.69) is 39.9 Å². The molecule has 2 amide bonds. The van der Waals surface area contributed by atoms with Gasteiger partial charge in [-0.2, -0.15) is 0 Å². The van der Waals surface area contributed by atoms with Gasteiger partial charge in [0.05, 0.1) is 0 Å². The first-order valence-electron chi connectivity index (χ1n) is 8.08. The summed E-state index contributed by atoms with van der Waals surface area (Å²) >= 11 is 0. The van der Waals surface area contributed by atoms with Gasteiger partial charge in [-0.05, 0) is 31.6 Å². The SMILES string of the molecule is CCCC1C(=O)NC(CC(C)C)C(=O)N1C(CC)CC. The molecule has 0 radical (unpaired) electrons. The number of nitrogens with zero attached hydrogens (tertiary/aromatic N) is 1. The number of piperazine rings is 1. The smallest absolute Gasteiger partial charge is 0.246 e. The second-order valence-corrected chi connectivity index (χ2v) is 6.21. The molecule has 1 aliphatic heterocycles. The summed E-state index contributed by atoms with van der Waals surface area (Å²) in [6.07, 6.45) is 4.20. The van der Waals surface area contributed by atoms with E-state index in [4.69, 9.17) is 0 Å². The van der Waals surface area contributed by atoms with Crippen LogP contribution in [0.5, 0.6) is 0 Å². The van der Waals surface area contributed by atoms with E-state index in [0.29, 0.717) is 5.92 Å². The molecule has 2 unspecified atom stereocenters. The highest BCUT2D eigenvalue weighted by Gasteiger charge is 2.42. The number of carbonyl (C=O) groups is 2. The molecule has 1 rings (SSSR count). The van der Waals surface area contributed by atoms with E-state index in [1.165, 1.54) is 0 Å². The van der Waals surface area contributed by atoms with Gasteiger partial charge in [-0.3, -0.25) is 9.59 Å². The Bertz CT molecular complexity index is 337. The Morgan fingerprint density at radius 2 is 1.75 bits per heavy atom. The van der Waals surface area contributed by atoms with Crippen LogP contribution in [0.15, 0.2) is 0 Å². The minimum absolute atomic E-state index is 0.0315. The van der Waals surface area contributed by atoms with Crippen molar-refractivity contribution in [2.45, 2.75) is 84.8 Å². The standard InChI is InChI=1S/C16H30N2O2/c1-6-9-14-15(19)17-13(10-11(4)5)16(20)18(14)12(7-2)8-3/h11-14H,6-10H2,1-5H3,(H,17,19). The maximum Gasteiger partial charge on any atom is 0.246 e. The summed E-state index contributed by atoms with van der Waals surface area (Å²) in [4.78, 5) is 27.0. The van der Waals surface area contributed by atoms with Crippen molar-refractivity contribution in [2.24, 2.45) is 5.92 Å². The van der Waals surface area contributed by atoms with Crippen LogP contribution in [-0.4, -0.2) is 34.8 Å². The van der Waals surface area contributed by atoms with Gasteiger partial charge in [-0.25, -0.2) is 0 Å². The third-order valence-electron chi connectivity index (χ3n) is 4.11. The van der Waals surface area contributed by atoms with Crippen molar-refractivity contribution < 1.29 is 9.59 Å². The molecule has 0 aromatic rings. The van der Waals surface area contributed by atoms with E-state index < -0.39 is 0 Å². The number of carbonyl (C=O) groups excluding carboxylic acids is 2. The van der Waals surface area contributed by atoms with Crippen LogP contribution in [0.4, 0.5) is 0 Å². The highest BCUT2D eigenvalue weighted by Crippen LogP contribution is 2.23. The van der Waals surface area contributed by atoms with Crippen LogP contribution in [0, 0.1) is 5.92 Å². The zero-order valence-corrected chi connectivity index (χ0v) is 13.6. The van der Waals surface area contributed by atoms with Gasteiger partial charge >= 0.3 is 0 Å². The largest absolute Gasteiger partial charge is 0.342 e. The van der Waals surface area contributed by atoms with Crippen molar-refractivity contribution >= 4 is 11.8 Å². The maximum absolute atomic E-state index is 12.8. The summed E-state index contributed by atoms with van der Waals surface area (Å²) in [6, 6.07) is -0.434. The average Bonchev–Trinajstić information content (AvgIpc) is 2.39. The fraction of sp³-hybridized carbons (Fsp3) is 0.875. The molecule has 0 saturated carbocycles. The third kappa shape index (κ3) is 3.74. The predicted octanol–water partition coefficient (Wildman–Crippen LogP) is 2.72. The molecule has 20 heavy (non-hydrogen) atoms. The Labute approximate surface area is 123 Å². The Kier molecular flexibility index (Phi) is 6.50. The van der Waals surface area contributed by atoms with Crippen LogP contribution < -0.4 is 5.32 Å². The van der Waals surface area contributed by atoms with Crippen LogP contribution in [-0.2, 0) is 9.59 Å². The quantitative estimate of drug-likeness (QED) is 0.780. The van der Waals surface area contributed by atoms with Crippen molar-refractivity contribution in [1.29, 1.82) is 0 Å². The monoisotopic (exact) mass is 282 g/mol. The summed E-state index contributed by atoms with van der Waals surface area (Å²) in [5, 5.41) is 2.94.